The van der Waals surface area contributed by atoms with Crippen molar-refractivity contribution in [3.05, 3.63) is 0 Å². The summed E-state index contributed by atoms with van der Waals surface area (Å²) < 4.78 is 5.55. The topological polar surface area (TPSA) is 26.3 Å². The van der Waals surface area contributed by atoms with E-state index in [-0.39, 0.29) is 17.5 Å². The Kier molecular flexibility index (Phi) is 1.67. The molecule has 1 aliphatic heterocycles. The van der Waals surface area contributed by atoms with Gasteiger partial charge in [0.1, 0.15) is 5.60 Å². The Morgan fingerprint density at radius 2 is 1.80 bits per heavy atom. The zero-order valence-electron chi connectivity index (χ0n) is 9.99. The van der Waals surface area contributed by atoms with E-state index in [9.17, 15) is 4.79 Å². The van der Waals surface area contributed by atoms with Crippen LogP contribution in [0.2, 0.25) is 0 Å². The molecule has 3 fully saturated rings. The number of carbonyl (C=O) groups excluding carboxylic acids is 1. The summed E-state index contributed by atoms with van der Waals surface area (Å²) in [6.07, 6.45) is 1.26. The molecule has 6 atom stereocenters. The molecule has 0 aromatic heterocycles. The molecule has 0 amide bonds. The number of hydrogen-bond donors (Lipinski definition) is 0. The number of ether oxygens (including phenoxy) is 1. The lowest BCUT2D eigenvalue weighted by atomic mass is 9.66. The molecule has 0 N–H and O–H groups in total. The van der Waals surface area contributed by atoms with Crippen LogP contribution in [-0.4, -0.2) is 11.6 Å². The first-order valence-corrected chi connectivity index (χ1v) is 6.16. The second kappa shape index (κ2) is 2.58. The lowest BCUT2D eigenvalue weighted by Crippen LogP contribution is -2.39. The van der Waals surface area contributed by atoms with Gasteiger partial charge in [-0.3, -0.25) is 4.79 Å². The minimum atomic E-state index is -0.213. The van der Waals surface area contributed by atoms with Crippen LogP contribution < -0.4 is 0 Å². The minimum Gasteiger partial charge on any atom is -0.459 e. The molecule has 2 saturated carbocycles. The molecule has 3 rings (SSSR count). The summed E-state index contributed by atoms with van der Waals surface area (Å²) in [4.78, 5) is 11.9. The molecule has 15 heavy (non-hydrogen) atoms. The third-order valence-corrected chi connectivity index (χ3v) is 5.47. The van der Waals surface area contributed by atoms with Gasteiger partial charge in [-0.2, -0.15) is 0 Å². The Hall–Kier alpha value is -0.530. The van der Waals surface area contributed by atoms with Gasteiger partial charge < -0.3 is 4.74 Å². The van der Waals surface area contributed by atoms with Crippen LogP contribution in [0, 0.1) is 35.5 Å². The molecular weight excluding hydrogens is 188 g/mol. The summed E-state index contributed by atoms with van der Waals surface area (Å²) in [7, 11) is 0. The van der Waals surface area contributed by atoms with Crippen LogP contribution in [0.15, 0.2) is 0 Å². The van der Waals surface area contributed by atoms with E-state index < -0.39 is 0 Å². The van der Waals surface area contributed by atoms with Crippen molar-refractivity contribution in [2.45, 2.75) is 39.7 Å². The quantitative estimate of drug-likeness (QED) is 0.572. The molecule has 84 valence electrons. The molecule has 0 aromatic rings. The fraction of sp³-hybridized carbons (Fsp3) is 0.923. The Morgan fingerprint density at radius 1 is 1.20 bits per heavy atom. The van der Waals surface area contributed by atoms with Crippen LogP contribution in [0.5, 0.6) is 0 Å². The number of cyclic esters (lactones) is 1. The summed E-state index contributed by atoms with van der Waals surface area (Å²) in [6.45, 7) is 8.84. The number of esters is 1. The van der Waals surface area contributed by atoms with E-state index in [0.29, 0.717) is 17.8 Å². The van der Waals surface area contributed by atoms with E-state index in [0.717, 1.165) is 11.8 Å². The molecule has 1 heterocycles. The summed E-state index contributed by atoms with van der Waals surface area (Å²) in [5.74, 6) is 3.58. The van der Waals surface area contributed by atoms with Crippen LogP contribution >= 0.6 is 0 Å². The van der Waals surface area contributed by atoms with Gasteiger partial charge in [0.2, 0.25) is 0 Å². The average molecular weight is 208 g/mol. The van der Waals surface area contributed by atoms with Gasteiger partial charge in [0.25, 0.3) is 0 Å². The van der Waals surface area contributed by atoms with E-state index in [2.05, 4.69) is 27.7 Å². The first kappa shape index (κ1) is 9.68. The maximum atomic E-state index is 11.9. The summed E-state index contributed by atoms with van der Waals surface area (Å²) >= 11 is 0. The molecule has 2 nitrogen and oxygen atoms in total. The van der Waals surface area contributed by atoms with Crippen LogP contribution in [0.1, 0.15) is 34.1 Å². The zero-order chi connectivity index (χ0) is 11.0. The highest BCUT2D eigenvalue weighted by molar-refractivity contribution is 5.77. The summed E-state index contributed by atoms with van der Waals surface area (Å²) in [5, 5.41) is 0. The molecule has 0 spiro atoms. The zero-order valence-corrected chi connectivity index (χ0v) is 9.99. The van der Waals surface area contributed by atoms with E-state index in [1.165, 1.54) is 6.42 Å². The largest absolute Gasteiger partial charge is 0.459 e. The molecule has 1 saturated heterocycles. The minimum absolute atomic E-state index is 0.0799. The molecule has 3 aliphatic rings. The van der Waals surface area contributed by atoms with Crippen LogP contribution in [0.25, 0.3) is 0 Å². The number of carbonyl (C=O) groups is 1. The van der Waals surface area contributed by atoms with E-state index in [1.807, 2.05) is 0 Å². The van der Waals surface area contributed by atoms with Crippen LogP contribution in [-0.2, 0) is 9.53 Å². The lowest BCUT2D eigenvalue weighted by Gasteiger charge is -2.36. The van der Waals surface area contributed by atoms with E-state index in [4.69, 9.17) is 4.74 Å². The van der Waals surface area contributed by atoms with Crippen molar-refractivity contribution in [1.29, 1.82) is 0 Å². The van der Waals surface area contributed by atoms with Gasteiger partial charge >= 0.3 is 5.97 Å². The average Bonchev–Trinajstić information content (AvgIpc) is 2.70. The maximum absolute atomic E-state index is 11.9. The SMILES string of the molecule is CC1C(C)C2CC1C1C(=O)OC(C)(C)C21. The second-order valence-corrected chi connectivity index (χ2v) is 6.36. The molecule has 2 aliphatic carbocycles. The Labute approximate surface area is 91.4 Å². The second-order valence-electron chi connectivity index (χ2n) is 6.36. The van der Waals surface area contributed by atoms with Gasteiger partial charge in [-0.05, 0) is 43.9 Å². The Balaban J connectivity index is 2.02. The van der Waals surface area contributed by atoms with Crippen molar-refractivity contribution < 1.29 is 9.53 Å². The third kappa shape index (κ3) is 0.982. The van der Waals surface area contributed by atoms with E-state index >= 15 is 0 Å². The lowest BCUT2D eigenvalue weighted by molar-refractivity contribution is -0.150. The molecular formula is C13H20O2. The fourth-order valence-electron chi connectivity index (χ4n) is 4.67. The van der Waals surface area contributed by atoms with Gasteiger partial charge in [0.05, 0.1) is 5.92 Å². The van der Waals surface area contributed by atoms with Gasteiger partial charge in [0, 0.05) is 5.92 Å². The van der Waals surface area contributed by atoms with E-state index in [1.54, 1.807) is 0 Å². The first-order chi connectivity index (χ1) is 6.93. The van der Waals surface area contributed by atoms with Crippen molar-refractivity contribution in [2.24, 2.45) is 35.5 Å². The first-order valence-electron chi connectivity index (χ1n) is 6.16. The van der Waals surface area contributed by atoms with Gasteiger partial charge in [0.15, 0.2) is 0 Å². The number of rotatable bonds is 0. The van der Waals surface area contributed by atoms with Crippen molar-refractivity contribution >= 4 is 5.97 Å². The standard InChI is InChI=1S/C13H20O2/c1-6-7(2)9-5-8(6)10-11(9)13(3,4)15-12(10)14/h6-11H,5H2,1-4H3. The highest BCUT2D eigenvalue weighted by Gasteiger charge is 2.66. The predicted molar refractivity (Wildman–Crippen MR) is 57.1 cm³/mol. The van der Waals surface area contributed by atoms with Crippen molar-refractivity contribution in [3.63, 3.8) is 0 Å². The van der Waals surface area contributed by atoms with Gasteiger partial charge in [-0.25, -0.2) is 0 Å². The fourth-order valence-corrected chi connectivity index (χ4v) is 4.67. The third-order valence-electron chi connectivity index (χ3n) is 5.47. The predicted octanol–water partition coefficient (Wildman–Crippen LogP) is 2.48. The molecule has 2 heteroatoms. The highest BCUT2D eigenvalue weighted by atomic mass is 16.6. The number of fused-ring (bicyclic) bond motifs is 5. The van der Waals surface area contributed by atoms with Gasteiger partial charge in [-0.15, -0.1) is 0 Å². The highest BCUT2D eigenvalue weighted by Crippen LogP contribution is 2.64. The molecule has 0 radical (unpaired) electrons. The molecule has 0 aromatic carbocycles. The molecule has 6 unspecified atom stereocenters. The summed E-state index contributed by atoms with van der Waals surface area (Å²) in [5.41, 5.74) is -0.213. The normalized spacial score (nSPS) is 55.6. The smallest absolute Gasteiger partial charge is 0.310 e. The molecule has 2 bridgehead atoms. The summed E-state index contributed by atoms with van der Waals surface area (Å²) in [6, 6.07) is 0. The van der Waals surface area contributed by atoms with Crippen molar-refractivity contribution in [1.82, 2.24) is 0 Å². The van der Waals surface area contributed by atoms with Crippen molar-refractivity contribution in [3.8, 4) is 0 Å². The van der Waals surface area contributed by atoms with Gasteiger partial charge in [-0.1, -0.05) is 13.8 Å². The maximum Gasteiger partial charge on any atom is 0.310 e. The monoisotopic (exact) mass is 208 g/mol. The van der Waals surface area contributed by atoms with Crippen molar-refractivity contribution in [2.75, 3.05) is 0 Å². The Bertz CT molecular complexity index is 320. The van der Waals surface area contributed by atoms with Crippen LogP contribution in [0.3, 0.4) is 0 Å². The number of hydrogen-bond acceptors (Lipinski definition) is 2. The van der Waals surface area contributed by atoms with Crippen LogP contribution in [0.4, 0.5) is 0 Å². The Morgan fingerprint density at radius 3 is 2.47 bits per heavy atom.